The van der Waals surface area contributed by atoms with Gasteiger partial charge in [-0.05, 0) is 49.9 Å². The van der Waals surface area contributed by atoms with Gasteiger partial charge in [0, 0.05) is 11.7 Å². The summed E-state index contributed by atoms with van der Waals surface area (Å²) in [4.78, 5) is 11.9. The third-order valence-corrected chi connectivity index (χ3v) is 3.05. The number of ether oxygens (including phenoxy) is 1. The van der Waals surface area contributed by atoms with E-state index in [0.29, 0.717) is 23.9 Å². The SMILES string of the molecule is C=CCc1cc(N)ccc1OC(C)C(=O)NC1CC1. The second kappa shape index (κ2) is 5.78. The number of carbonyl (C=O) groups excluding carboxylic acids is 1. The lowest BCUT2D eigenvalue weighted by molar-refractivity contribution is -0.127. The van der Waals surface area contributed by atoms with Crippen LogP contribution >= 0.6 is 0 Å². The van der Waals surface area contributed by atoms with Crippen LogP contribution in [0.15, 0.2) is 30.9 Å². The molecule has 1 unspecified atom stereocenters. The van der Waals surface area contributed by atoms with Gasteiger partial charge in [-0.25, -0.2) is 0 Å². The normalized spacial score (nSPS) is 15.6. The van der Waals surface area contributed by atoms with Crippen LogP contribution in [0.1, 0.15) is 25.3 Å². The number of hydrogen-bond acceptors (Lipinski definition) is 3. The highest BCUT2D eigenvalue weighted by Crippen LogP contribution is 2.24. The number of benzene rings is 1. The molecule has 1 fully saturated rings. The lowest BCUT2D eigenvalue weighted by Crippen LogP contribution is -2.37. The predicted octanol–water partition coefficient (Wildman–Crippen LogP) is 2.04. The largest absolute Gasteiger partial charge is 0.481 e. The molecule has 0 aromatic heterocycles. The molecule has 1 aromatic carbocycles. The number of allylic oxidation sites excluding steroid dienone is 1. The summed E-state index contributed by atoms with van der Waals surface area (Å²) in [6.07, 6.45) is 4.09. The average Bonchev–Trinajstić information content (AvgIpc) is 3.16. The second-order valence-electron chi connectivity index (χ2n) is 4.90. The topological polar surface area (TPSA) is 64.3 Å². The number of rotatable bonds is 6. The van der Waals surface area contributed by atoms with Crippen LogP contribution in [0.4, 0.5) is 5.69 Å². The van der Waals surface area contributed by atoms with E-state index in [9.17, 15) is 4.79 Å². The minimum atomic E-state index is -0.507. The molecule has 1 atom stereocenters. The van der Waals surface area contributed by atoms with Gasteiger partial charge >= 0.3 is 0 Å². The number of nitrogen functional groups attached to an aromatic ring is 1. The van der Waals surface area contributed by atoms with E-state index in [0.717, 1.165) is 18.4 Å². The van der Waals surface area contributed by atoms with Crippen molar-refractivity contribution in [3.05, 3.63) is 36.4 Å². The minimum Gasteiger partial charge on any atom is -0.481 e. The number of amides is 1. The highest BCUT2D eigenvalue weighted by Gasteiger charge is 2.26. The first kappa shape index (κ1) is 13.5. The zero-order valence-corrected chi connectivity index (χ0v) is 11.2. The molecule has 4 nitrogen and oxygen atoms in total. The van der Waals surface area contributed by atoms with Gasteiger partial charge in [0.15, 0.2) is 6.10 Å². The number of nitrogens with one attached hydrogen (secondary N) is 1. The molecule has 1 aliphatic carbocycles. The molecule has 1 aliphatic rings. The van der Waals surface area contributed by atoms with Crippen molar-refractivity contribution in [2.75, 3.05) is 5.73 Å². The Morgan fingerprint density at radius 3 is 3.00 bits per heavy atom. The van der Waals surface area contributed by atoms with Gasteiger partial charge in [0.2, 0.25) is 0 Å². The van der Waals surface area contributed by atoms with Gasteiger partial charge in [0.1, 0.15) is 5.75 Å². The average molecular weight is 260 g/mol. The summed E-state index contributed by atoms with van der Waals surface area (Å²) in [5.41, 5.74) is 7.38. The van der Waals surface area contributed by atoms with Gasteiger partial charge in [0.05, 0.1) is 0 Å². The van der Waals surface area contributed by atoms with Gasteiger partial charge < -0.3 is 15.8 Å². The molecule has 0 bridgehead atoms. The van der Waals surface area contributed by atoms with Crippen LogP contribution in [0.3, 0.4) is 0 Å². The zero-order chi connectivity index (χ0) is 13.8. The third-order valence-electron chi connectivity index (χ3n) is 3.05. The van der Waals surface area contributed by atoms with Crippen molar-refractivity contribution in [1.82, 2.24) is 5.32 Å². The molecular weight excluding hydrogens is 240 g/mol. The van der Waals surface area contributed by atoms with Crippen LogP contribution in [-0.4, -0.2) is 18.1 Å². The molecule has 1 aromatic rings. The fourth-order valence-electron chi connectivity index (χ4n) is 1.82. The van der Waals surface area contributed by atoms with Crippen molar-refractivity contribution in [3.63, 3.8) is 0 Å². The molecule has 3 N–H and O–H groups in total. The standard InChI is InChI=1S/C15H20N2O2/c1-3-4-11-9-12(16)5-8-14(11)19-10(2)15(18)17-13-6-7-13/h3,5,8-10,13H,1,4,6-7,16H2,2H3,(H,17,18). The van der Waals surface area contributed by atoms with Crippen molar-refractivity contribution >= 4 is 11.6 Å². The Kier molecular flexibility index (Phi) is 4.10. The Bertz CT molecular complexity index is 481. The molecule has 4 heteroatoms. The summed E-state index contributed by atoms with van der Waals surface area (Å²) in [7, 11) is 0. The van der Waals surface area contributed by atoms with Gasteiger partial charge in [-0.1, -0.05) is 6.08 Å². The van der Waals surface area contributed by atoms with Crippen LogP contribution in [0.25, 0.3) is 0 Å². The van der Waals surface area contributed by atoms with Crippen LogP contribution in [0.5, 0.6) is 5.75 Å². The number of carbonyl (C=O) groups is 1. The van der Waals surface area contributed by atoms with Gasteiger partial charge in [-0.2, -0.15) is 0 Å². The lowest BCUT2D eigenvalue weighted by Gasteiger charge is -2.17. The van der Waals surface area contributed by atoms with E-state index in [2.05, 4.69) is 11.9 Å². The van der Waals surface area contributed by atoms with E-state index in [1.165, 1.54) is 0 Å². The molecule has 0 aliphatic heterocycles. The van der Waals surface area contributed by atoms with E-state index in [-0.39, 0.29) is 5.91 Å². The number of hydrogen-bond donors (Lipinski definition) is 2. The van der Waals surface area contributed by atoms with Crippen molar-refractivity contribution < 1.29 is 9.53 Å². The Morgan fingerprint density at radius 1 is 1.63 bits per heavy atom. The molecule has 0 radical (unpaired) electrons. The maximum absolute atomic E-state index is 11.9. The quantitative estimate of drug-likeness (QED) is 0.607. The third kappa shape index (κ3) is 3.74. The van der Waals surface area contributed by atoms with E-state index in [4.69, 9.17) is 10.5 Å². The van der Waals surface area contributed by atoms with Gasteiger partial charge in [0.25, 0.3) is 5.91 Å². The summed E-state index contributed by atoms with van der Waals surface area (Å²) in [6, 6.07) is 5.77. The molecule has 2 rings (SSSR count). The molecule has 1 amide bonds. The van der Waals surface area contributed by atoms with E-state index in [1.54, 1.807) is 25.1 Å². The van der Waals surface area contributed by atoms with E-state index in [1.807, 2.05) is 6.07 Å². The smallest absolute Gasteiger partial charge is 0.260 e. The van der Waals surface area contributed by atoms with Crippen LogP contribution in [0.2, 0.25) is 0 Å². The maximum atomic E-state index is 11.9. The molecule has 0 spiro atoms. The number of anilines is 1. The Labute approximate surface area is 113 Å². The van der Waals surface area contributed by atoms with Gasteiger partial charge in [-0.15, -0.1) is 6.58 Å². The van der Waals surface area contributed by atoms with Crippen LogP contribution < -0.4 is 15.8 Å². The Morgan fingerprint density at radius 2 is 2.37 bits per heavy atom. The zero-order valence-electron chi connectivity index (χ0n) is 11.2. The van der Waals surface area contributed by atoms with Crippen molar-refractivity contribution in [1.29, 1.82) is 0 Å². The Balaban J connectivity index is 2.03. The highest BCUT2D eigenvalue weighted by atomic mass is 16.5. The minimum absolute atomic E-state index is 0.0659. The summed E-state index contributed by atoms with van der Waals surface area (Å²) < 4.78 is 5.73. The molecular formula is C15H20N2O2. The van der Waals surface area contributed by atoms with Gasteiger partial charge in [-0.3, -0.25) is 4.79 Å². The first-order chi connectivity index (χ1) is 9.10. The Hall–Kier alpha value is -1.97. The lowest BCUT2D eigenvalue weighted by atomic mass is 10.1. The van der Waals surface area contributed by atoms with Crippen molar-refractivity contribution in [3.8, 4) is 5.75 Å². The van der Waals surface area contributed by atoms with Crippen LogP contribution in [-0.2, 0) is 11.2 Å². The molecule has 1 saturated carbocycles. The second-order valence-corrected chi connectivity index (χ2v) is 4.90. The summed E-state index contributed by atoms with van der Waals surface area (Å²) in [5.74, 6) is 0.622. The van der Waals surface area contributed by atoms with E-state index < -0.39 is 6.10 Å². The van der Waals surface area contributed by atoms with Crippen molar-refractivity contribution in [2.24, 2.45) is 0 Å². The molecule has 0 saturated heterocycles. The first-order valence-corrected chi connectivity index (χ1v) is 6.56. The molecule has 0 heterocycles. The van der Waals surface area contributed by atoms with Crippen LogP contribution in [0, 0.1) is 0 Å². The summed E-state index contributed by atoms with van der Waals surface area (Å²) in [5, 5.41) is 2.93. The highest BCUT2D eigenvalue weighted by molar-refractivity contribution is 5.81. The molecule has 102 valence electrons. The summed E-state index contributed by atoms with van der Waals surface area (Å²) in [6.45, 7) is 5.47. The summed E-state index contributed by atoms with van der Waals surface area (Å²) >= 11 is 0. The monoisotopic (exact) mass is 260 g/mol. The first-order valence-electron chi connectivity index (χ1n) is 6.56. The molecule has 19 heavy (non-hydrogen) atoms. The van der Waals surface area contributed by atoms with Crippen molar-refractivity contribution in [2.45, 2.75) is 38.3 Å². The predicted molar refractivity (Wildman–Crippen MR) is 76.0 cm³/mol. The maximum Gasteiger partial charge on any atom is 0.260 e. The fraction of sp³-hybridized carbons (Fsp3) is 0.400. The van der Waals surface area contributed by atoms with E-state index >= 15 is 0 Å². The fourth-order valence-corrected chi connectivity index (χ4v) is 1.82. The number of nitrogens with two attached hydrogens (primary N) is 1.